The van der Waals surface area contributed by atoms with E-state index in [2.05, 4.69) is 15.1 Å². The number of hydrogen-bond donors (Lipinski definition) is 4. The van der Waals surface area contributed by atoms with Gasteiger partial charge in [0, 0.05) is 44.3 Å². The van der Waals surface area contributed by atoms with Gasteiger partial charge in [0.15, 0.2) is 18.5 Å². The lowest BCUT2D eigenvalue weighted by Crippen LogP contribution is -2.48. The number of aromatic nitrogens is 3. The summed E-state index contributed by atoms with van der Waals surface area (Å²) in [6.07, 6.45) is 2.63. The molecule has 0 bridgehead atoms. The van der Waals surface area contributed by atoms with E-state index >= 15 is 0 Å². The molecule has 47 heavy (non-hydrogen) atoms. The summed E-state index contributed by atoms with van der Waals surface area (Å²) in [6, 6.07) is 14.5. The zero-order chi connectivity index (χ0) is 33.8. The van der Waals surface area contributed by atoms with E-state index in [0.29, 0.717) is 13.0 Å². The van der Waals surface area contributed by atoms with E-state index < -0.39 is 24.1 Å². The van der Waals surface area contributed by atoms with Crippen LogP contribution in [0.15, 0.2) is 61.2 Å². The lowest BCUT2D eigenvalue weighted by molar-refractivity contribution is -0.183. The number of carbonyl (C=O) groups is 3. The Hall–Kier alpha value is -4.28. The second kappa shape index (κ2) is 17.6. The van der Waals surface area contributed by atoms with Gasteiger partial charge in [0.25, 0.3) is 0 Å². The van der Waals surface area contributed by atoms with Crippen LogP contribution >= 0.6 is 0 Å². The number of benzene rings is 2. The standard InChI is InChI=1S/C28H34FN5O3.C4H6O6/c29-24-6-2-23(3-7-24)19-34(26-10-13-32(14-11-26)15-12-28-36-16-1-17-37-28)27(35)18-22-4-8-25(9-5-22)33-20-30-31-21-33;5-1(3(7)8)2(6)4(9)10/h2-9,20-21,26,28H,1,10-19H2;1-2,5-6H,(H,7,8)(H,9,10). The van der Waals surface area contributed by atoms with Crippen molar-refractivity contribution in [2.75, 3.05) is 32.8 Å². The van der Waals surface area contributed by atoms with Crippen molar-refractivity contribution in [2.45, 2.75) is 63.2 Å². The van der Waals surface area contributed by atoms with Crippen LogP contribution in [0.25, 0.3) is 5.69 Å². The van der Waals surface area contributed by atoms with Gasteiger partial charge in [-0.1, -0.05) is 24.3 Å². The molecule has 4 N–H and O–H groups in total. The van der Waals surface area contributed by atoms with Crippen molar-refractivity contribution in [1.29, 1.82) is 0 Å². The molecule has 254 valence electrons. The highest BCUT2D eigenvalue weighted by atomic mass is 19.1. The lowest BCUT2D eigenvalue weighted by atomic mass is 10.0. The number of piperidine rings is 1. The molecule has 5 rings (SSSR count). The number of hydrogen-bond acceptors (Lipinski definition) is 10. The number of carboxylic acid groups (broad SMARTS) is 2. The summed E-state index contributed by atoms with van der Waals surface area (Å²) in [6.45, 7) is 4.82. The van der Waals surface area contributed by atoms with Gasteiger partial charge in [0.1, 0.15) is 18.5 Å². The average Bonchev–Trinajstić information content (AvgIpc) is 3.63. The Kier molecular flexibility index (Phi) is 13.3. The Labute approximate surface area is 271 Å². The molecule has 1 amide bonds. The fraction of sp³-hybridized carbons (Fsp3) is 0.469. The number of aliphatic hydroxyl groups is 2. The Balaban J connectivity index is 0.000000434. The van der Waals surface area contributed by atoms with Crippen LogP contribution in [0.5, 0.6) is 0 Å². The van der Waals surface area contributed by atoms with Crippen molar-refractivity contribution >= 4 is 17.8 Å². The van der Waals surface area contributed by atoms with Gasteiger partial charge in [-0.25, -0.2) is 14.0 Å². The van der Waals surface area contributed by atoms with Crippen molar-refractivity contribution in [3.63, 3.8) is 0 Å². The number of aliphatic carboxylic acids is 2. The van der Waals surface area contributed by atoms with Crippen LogP contribution in [0.1, 0.15) is 36.8 Å². The monoisotopic (exact) mass is 657 g/mol. The molecule has 1 aromatic heterocycles. The van der Waals surface area contributed by atoms with E-state index in [-0.39, 0.29) is 24.1 Å². The van der Waals surface area contributed by atoms with Crippen LogP contribution in [0, 0.1) is 5.82 Å². The summed E-state index contributed by atoms with van der Waals surface area (Å²) < 4.78 is 26.7. The van der Waals surface area contributed by atoms with Gasteiger partial charge in [0.2, 0.25) is 5.91 Å². The highest BCUT2D eigenvalue weighted by molar-refractivity contribution is 5.83. The predicted octanol–water partition coefficient (Wildman–Crippen LogP) is 1.47. The van der Waals surface area contributed by atoms with Crippen molar-refractivity contribution in [3.05, 3.63) is 78.1 Å². The van der Waals surface area contributed by atoms with Crippen LogP contribution in [0.3, 0.4) is 0 Å². The molecule has 2 aromatic carbocycles. The largest absolute Gasteiger partial charge is 0.479 e. The third-order valence-electron chi connectivity index (χ3n) is 7.98. The molecular weight excluding hydrogens is 617 g/mol. The zero-order valence-corrected chi connectivity index (χ0v) is 25.8. The molecule has 2 aliphatic rings. The summed E-state index contributed by atoms with van der Waals surface area (Å²) in [5.41, 5.74) is 2.84. The summed E-state index contributed by atoms with van der Waals surface area (Å²) in [4.78, 5) is 37.6. The summed E-state index contributed by atoms with van der Waals surface area (Å²) in [5, 5.41) is 40.2. The van der Waals surface area contributed by atoms with Gasteiger partial charge in [0.05, 0.1) is 19.6 Å². The maximum atomic E-state index is 13.6. The molecule has 0 radical (unpaired) electrons. The van der Waals surface area contributed by atoms with Gasteiger partial charge >= 0.3 is 11.9 Å². The number of carboxylic acids is 2. The van der Waals surface area contributed by atoms with Crippen LogP contribution in [-0.2, 0) is 36.8 Å². The number of carbonyl (C=O) groups excluding carboxylic acids is 1. The van der Waals surface area contributed by atoms with Gasteiger partial charge in [-0.15, -0.1) is 10.2 Å². The third kappa shape index (κ3) is 10.9. The SMILES string of the molecule is O=C(Cc1ccc(-n2cnnc2)cc1)N(Cc1ccc(F)cc1)C1CCN(CCC2OCCCO2)CC1.O=C(O)C(O)C(O)C(=O)O. The molecular formula is C32H40FN5O9. The number of ether oxygens (including phenoxy) is 2. The van der Waals surface area contributed by atoms with Gasteiger partial charge in [-0.05, 0) is 54.7 Å². The topological polar surface area (TPSA) is 188 Å². The predicted molar refractivity (Wildman–Crippen MR) is 164 cm³/mol. The smallest absolute Gasteiger partial charge is 0.335 e. The molecule has 3 heterocycles. The molecule has 2 atom stereocenters. The number of likely N-dealkylation sites (tertiary alicyclic amines) is 1. The molecule has 2 fully saturated rings. The van der Waals surface area contributed by atoms with Crippen LogP contribution in [0.2, 0.25) is 0 Å². The second-order valence-corrected chi connectivity index (χ2v) is 11.3. The number of rotatable bonds is 12. The normalized spacial score (nSPS) is 17.3. The fourth-order valence-electron chi connectivity index (χ4n) is 5.32. The van der Waals surface area contributed by atoms with Crippen molar-refractivity contribution < 1.29 is 48.7 Å². The minimum absolute atomic E-state index is 0.0869. The molecule has 0 spiro atoms. The summed E-state index contributed by atoms with van der Waals surface area (Å²) >= 11 is 0. The van der Waals surface area contributed by atoms with Crippen molar-refractivity contribution in [3.8, 4) is 5.69 Å². The minimum Gasteiger partial charge on any atom is -0.479 e. The van der Waals surface area contributed by atoms with Crippen molar-refractivity contribution in [2.24, 2.45) is 0 Å². The first kappa shape index (κ1) is 35.6. The molecule has 15 heteroatoms. The van der Waals surface area contributed by atoms with Crippen molar-refractivity contribution in [1.82, 2.24) is 24.6 Å². The summed E-state index contributed by atoms with van der Waals surface area (Å²) in [5.74, 6) is -3.72. The second-order valence-electron chi connectivity index (χ2n) is 11.3. The van der Waals surface area contributed by atoms with E-state index in [1.807, 2.05) is 33.7 Å². The molecule has 2 saturated heterocycles. The lowest BCUT2D eigenvalue weighted by Gasteiger charge is -2.39. The third-order valence-corrected chi connectivity index (χ3v) is 7.98. The number of aliphatic hydroxyl groups excluding tert-OH is 2. The Bertz CT molecular complexity index is 1390. The highest BCUT2D eigenvalue weighted by Crippen LogP contribution is 2.22. The van der Waals surface area contributed by atoms with E-state index in [0.717, 1.165) is 75.3 Å². The molecule has 3 aromatic rings. The minimum atomic E-state index is -2.27. The Morgan fingerprint density at radius 3 is 1.98 bits per heavy atom. The van der Waals surface area contributed by atoms with Crippen LogP contribution in [0.4, 0.5) is 4.39 Å². The number of nitrogens with zero attached hydrogens (tertiary/aromatic N) is 5. The Morgan fingerprint density at radius 1 is 0.872 bits per heavy atom. The maximum absolute atomic E-state index is 13.6. The van der Waals surface area contributed by atoms with E-state index in [4.69, 9.17) is 29.9 Å². The average molecular weight is 658 g/mol. The molecule has 2 aliphatic heterocycles. The van der Waals surface area contributed by atoms with Crippen LogP contribution < -0.4 is 0 Å². The summed E-state index contributed by atoms with van der Waals surface area (Å²) in [7, 11) is 0. The molecule has 0 saturated carbocycles. The van der Waals surface area contributed by atoms with Crippen LogP contribution in [-0.4, -0.2) is 120 Å². The number of halogens is 1. The van der Waals surface area contributed by atoms with Gasteiger partial charge < -0.3 is 39.7 Å². The first-order valence-electron chi connectivity index (χ1n) is 15.4. The quantitative estimate of drug-likeness (QED) is 0.220. The van der Waals surface area contributed by atoms with E-state index in [9.17, 15) is 18.8 Å². The zero-order valence-electron chi connectivity index (χ0n) is 25.8. The Morgan fingerprint density at radius 2 is 1.43 bits per heavy atom. The fourth-order valence-corrected chi connectivity index (χ4v) is 5.32. The molecule has 0 aliphatic carbocycles. The first-order valence-corrected chi connectivity index (χ1v) is 15.4. The molecule has 2 unspecified atom stereocenters. The van der Waals surface area contributed by atoms with E-state index in [1.54, 1.807) is 24.8 Å². The number of amides is 1. The van der Waals surface area contributed by atoms with Gasteiger partial charge in [-0.3, -0.25) is 9.36 Å². The molecule has 14 nitrogen and oxygen atoms in total. The highest BCUT2D eigenvalue weighted by Gasteiger charge is 2.30. The maximum Gasteiger partial charge on any atom is 0.335 e. The first-order chi connectivity index (χ1) is 22.6. The van der Waals surface area contributed by atoms with E-state index in [1.165, 1.54) is 12.1 Å². The van der Waals surface area contributed by atoms with Gasteiger partial charge in [-0.2, -0.15) is 0 Å².